The summed E-state index contributed by atoms with van der Waals surface area (Å²) in [6, 6.07) is 9.75. The predicted octanol–water partition coefficient (Wildman–Crippen LogP) is 2.24. The summed E-state index contributed by atoms with van der Waals surface area (Å²) in [4.78, 5) is 12.4. The van der Waals surface area contributed by atoms with Gasteiger partial charge in [0.2, 0.25) is 0 Å². The Balaban J connectivity index is 1.94. The molecule has 1 unspecified atom stereocenters. The molecule has 0 spiro atoms. The van der Waals surface area contributed by atoms with Crippen LogP contribution in [0.2, 0.25) is 0 Å². The average Bonchev–Trinajstić information content (AvgIpc) is 2.81. The molecule has 2 rings (SSSR count). The van der Waals surface area contributed by atoms with Crippen molar-refractivity contribution >= 4 is 5.91 Å². The molecule has 5 nitrogen and oxygen atoms in total. The van der Waals surface area contributed by atoms with Gasteiger partial charge in [0, 0.05) is 25.2 Å². The number of aryl methyl sites for hydroxylation is 2. The Morgan fingerprint density at radius 2 is 2.00 bits per heavy atom. The maximum Gasteiger partial charge on any atom is 0.255 e. The van der Waals surface area contributed by atoms with Gasteiger partial charge in [-0.25, -0.2) is 0 Å². The third-order valence-corrected chi connectivity index (χ3v) is 3.86. The Labute approximate surface area is 137 Å². The van der Waals surface area contributed by atoms with Crippen molar-refractivity contribution in [1.82, 2.24) is 15.1 Å². The highest BCUT2D eigenvalue weighted by Gasteiger charge is 2.19. The lowest BCUT2D eigenvalue weighted by molar-refractivity contribution is 0.0914. The van der Waals surface area contributed by atoms with Gasteiger partial charge < -0.3 is 10.4 Å². The molecular weight excluding hydrogens is 290 g/mol. The van der Waals surface area contributed by atoms with Gasteiger partial charge in [0.25, 0.3) is 5.91 Å². The van der Waals surface area contributed by atoms with E-state index < -0.39 is 6.10 Å². The topological polar surface area (TPSA) is 67.2 Å². The van der Waals surface area contributed by atoms with E-state index in [2.05, 4.69) is 17.3 Å². The van der Waals surface area contributed by atoms with Crippen molar-refractivity contribution in [3.8, 4) is 0 Å². The Hall–Kier alpha value is -2.14. The van der Waals surface area contributed by atoms with Gasteiger partial charge in [-0.3, -0.25) is 9.48 Å². The van der Waals surface area contributed by atoms with E-state index in [1.165, 1.54) is 0 Å². The molecule has 0 radical (unpaired) electrons. The molecule has 0 saturated heterocycles. The first-order valence-electron chi connectivity index (χ1n) is 8.07. The molecular formula is C18H25N3O2. The minimum Gasteiger partial charge on any atom is -0.391 e. The summed E-state index contributed by atoms with van der Waals surface area (Å²) in [5, 5.41) is 17.3. The molecule has 0 saturated carbocycles. The van der Waals surface area contributed by atoms with Crippen LogP contribution in [-0.2, 0) is 13.0 Å². The van der Waals surface area contributed by atoms with Gasteiger partial charge in [-0.2, -0.15) is 5.10 Å². The molecule has 2 N–H and O–H groups in total. The number of carbonyl (C=O) groups is 1. The number of aromatic nitrogens is 2. The van der Waals surface area contributed by atoms with E-state index in [1.54, 1.807) is 0 Å². The molecule has 1 amide bonds. The number of nitrogens with one attached hydrogen (secondary N) is 1. The van der Waals surface area contributed by atoms with E-state index in [9.17, 15) is 9.90 Å². The maximum atomic E-state index is 12.4. The molecule has 1 heterocycles. The van der Waals surface area contributed by atoms with Gasteiger partial charge in [0.05, 0.1) is 17.4 Å². The molecule has 23 heavy (non-hydrogen) atoms. The lowest BCUT2D eigenvalue weighted by atomic mass is 10.1. The second-order valence-electron chi connectivity index (χ2n) is 5.82. The fourth-order valence-corrected chi connectivity index (χ4v) is 2.71. The number of amides is 1. The van der Waals surface area contributed by atoms with E-state index >= 15 is 0 Å². The van der Waals surface area contributed by atoms with Crippen molar-refractivity contribution in [3.63, 3.8) is 0 Å². The lowest BCUT2D eigenvalue weighted by Gasteiger charge is -2.12. The number of hydrogen-bond acceptors (Lipinski definition) is 3. The minimum absolute atomic E-state index is 0.172. The standard InChI is InChI=1S/C18H25N3O2/c1-4-10-21-14(3)17(13(2)20-21)18(23)19-12-16(22)11-15-8-6-5-7-9-15/h5-9,16,22H,4,10-12H2,1-3H3,(H,19,23). The Bertz CT molecular complexity index is 650. The van der Waals surface area contributed by atoms with Crippen molar-refractivity contribution in [2.24, 2.45) is 0 Å². The van der Waals surface area contributed by atoms with Gasteiger partial charge in [-0.15, -0.1) is 0 Å². The smallest absolute Gasteiger partial charge is 0.255 e. The molecule has 0 aliphatic carbocycles. The van der Waals surface area contributed by atoms with Crippen LogP contribution in [0, 0.1) is 13.8 Å². The summed E-state index contributed by atoms with van der Waals surface area (Å²) < 4.78 is 1.87. The first-order chi connectivity index (χ1) is 11.0. The lowest BCUT2D eigenvalue weighted by Crippen LogP contribution is -2.33. The zero-order valence-electron chi connectivity index (χ0n) is 14.0. The van der Waals surface area contributed by atoms with Crippen molar-refractivity contribution in [2.45, 2.75) is 46.3 Å². The monoisotopic (exact) mass is 315 g/mol. The second kappa shape index (κ2) is 7.92. The van der Waals surface area contributed by atoms with Gasteiger partial charge >= 0.3 is 0 Å². The molecule has 5 heteroatoms. The van der Waals surface area contributed by atoms with E-state index in [1.807, 2.05) is 48.9 Å². The van der Waals surface area contributed by atoms with Crippen LogP contribution < -0.4 is 5.32 Å². The predicted molar refractivity (Wildman–Crippen MR) is 90.5 cm³/mol. The van der Waals surface area contributed by atoms with Gasteiger partial charge in [0.15, 0.2) is 0 Å². The number of hydrogen-bond donors (Lipinski definition) is 2. The van der Waals surface area contributed by atoms with Gasteiger partial charge in [-0.1, -0.05) is 37.3 Å². The molecule has 1 atom stereocenters. The Morgan fingerprint density at radius 3 is 2.65 bits per heavy atom. The van der Waals surface area contributed by atoms with Crippen LogP contribution in [0.4, 0.5) is 0 Å². The number of nitrogens with zero attached hydrogens (tertiary/aromatic N) is 2. The number of carbonyl (C=O) groups excluding carboxylic acids is 1. The molecule has 0 fully saturated rings. The minimum atomic E-state index is -0.604. The van der Waals surface area contributed by atoms with E-state index in [0.29, 0.717) is 12.0 Å². The van der Waals surface area contributed by atoms with Gasteiger partial charge in [0.1, 0.15) is 0 Å². The summed E-state index contributed by atoms with van der Waals surface area (Å²) in [6.45, 7) is 6.86. The van der Waals surface area contributed by atoms with Crippen LogP contribution in [-0.4, -0.2) is 33.4 Å². The summed E-state index contributed by atoms with van der Waals surface area (Å²) in [6.07, 6.45) is 0.889. The molecule has 2 aromatic rings. The molecule has 0 aliphatic heterocycles. The summed E-state index contributed by atoms with van der Waals surface area (Å²) >= 11 is 0. The number of aliphatic hydroxyl groups is 1. The third kappa shape index (κ3) is 4.42. The van der Waals surface area contributed by atoms with Crippen molar-refractivity contribution in [1.29, 1.82) is 0 Å². The Morgan fingerprint density at radius 1 is 1.30 bits per heavy atom. The van der Waals surface area contributed by atoms with Gasteiger partial charge in [-0.05, 0) is 25.8 Å². The van der Waals surface area contributed by atoms with Crippen molar-refractivity contribution < 1.29 is 9.90 Å². The highest BCUT2D eigenvalue weighted by molar-refractivity contribution is 5.96. The van der Waals surface area contributed by atoms with Crippen LogP contribution in [0.1, 0.15) is 40.7 Å². The van der Waals surface area contributed by atoms with E-state index in [0.717, 1.165) is 29.9 Å². The second-order valence-corrected chi connectivity index (χ2v) is 5.82. The van der Waals surface area contributed by atoms with Crippen LogP contribution in [0.15, 0.2) is 30.3 Å². The molecule has 0 aliphatic rings. The third-order valence-electron chi connectivity index (χ3n) is 3.86. The molecule has 1 aromatic heterocycles. The highest BCUT2D eigenvalue weighted by atomic mass is 16.3. The first kappa shape index (κ1) is 17.2. The van der Waals surface area contributed by atoms with Crippen LogP contribution in [0.25, 0.3) is 0 Å². The molecule has 1 aromatic carbocycles. The average molecular weight is 315 g/mol. The van der Waals surface area contributed by atoms with Crippen LogP contribution in [0.5, 0.6) is 0 Å². The summed E-state index contributed by atoms with van der Waals surface area (Å²) in [5.41, 5.74) is 3.27. The van der Waals surface area contributed by atoms with E-state index in [4.69, 9.17) is 0 Å². The van der Waals surface area contributed by atoms with Crippen LogP contribution >= 0.6 is 0 Å². The quantitative estimate of drug-likeness (QED) is 0.823. The zero-order valence-corrected chi connectivity index (χ0v) is 14.0. The number of aliphatic hydroxyl groups excluding tert-OH is 1. The fourth-order valence-electron chi connectivity index (χ4n) is 2.71. The largest absolute Gasteiger partial charge is 0.391 e. The highest BCUT2D eigenvalue weighted by Crippen LogP contribution is 2.13. The van der Waals surface area contributed by atoms with Crippen molar-refractivity contribution in [3.05, 3.63) is 52.8 Å². The normalized spacial score (nSPS) is 12.2. The van der Waals surface area contributed by atoms with E-state index in [-0.39, 0.29) is 12.5 Å². The molecule has 0 bridgehead atoms. The maximum absolute atomic E-state index is 12.4. The zero-order chi connectivity index (χ0) is 16.8. The summed E-state index contributed by atoms with van der Waals surface area (Å²) in [5.74, 6) is -0.172. The van der Waals surface area contributed by atoms with Crippen LogP contribution in [0.3, 0.4) is 0 Å². The SMILES string of the molecule is CCCn1nc(C)c(C(=O)NCC(O)Cc2ccccc2)c1C. The Kier molecular flexibility index (Phi) is 5.93. The fraction of sp³-hybridized carbons (Fsp3) is 0.444. The van der Waals surface area contributed by atoms with Crippen molar-refractivity contribution in [2.75, 3.05) is 6.54 Å². The number of benzene rings is 1. The first-order valence-corrected chi connectivity index (χ1v) is 8.07. The number of rotatable bonds is 7. The summed E-state index contributed by atoms with van der Waals surface area (Å²) in [7, 11) is 0. The molecule has 124 valence electrons.